The number of thiocarbonyl (C=S) groups is 1. The second kappa shape index (κ2) is 6.48. The van der Waals surface area contributed by atoms with E-state index < -0.39 is 0 Å². The van der Waals surface area contributed by atoms with Crippen LogP contribution in [-0.4, -0.2) is 24.4 Å². The monoisotopic (exact) mass is 316 g/mol. The number of likely N-dealkylation sites (N-methyl/N-ethyl adjacent to an activating group) is 1. The molecule has 0 bridgehead atoms. The zero-order chi connectivity index (χ0) is 16.3. The van der Waals surface area contributed by atoms with Gasteiger partial charge in [-0.15, -0.1) is 0 Å². The molecular formula is C17H24N4S. The van der Waals surface area contributed by atoms with E-state index in [0.29, 0.717) is 11.2 Å². The smallest absolute Gasteiger partial charge is 0.187 e. The fourth-order valence-electron chi connectivity index (χ4n) is 2.80. The van der Waals surface area contributed by atoms with Crippen molar-refractivity contribution >= 4 is 29.2 Å². The summed E-state index contributed by atoms with van der Waals surface area (Å²) in [6.45, 7) is 8.53. The van der Waals surface area contributed by atoms with Crippen LogP contribution in [0.4, 0.5) is 5.69 Å². The molecular weight excluding hydrogens is 292 g/mol. The average molecular weight is 316 g/mol. The van der Waals surface area contributed by atoms with Crippen LogP contribution in [0.5, 0.6) is 0 Å². The lowest BCUT2D eigenvalue weighted by Crippen LogP contribution is -2.36. The number of nitrogens with one attached hydrogen (secondary N) is 2. The van der Waals surface area contributed by atoms with Crippen molar-refractivity contribution in [2.24, 2.45) is 5.10 Å². The minimum absolute atomic E-state index is 0.0337. The van der Waals surface area contributed by atoms with Crippen molar-refractivity contribution < 1.29 is 0 Å². The van der Waals surface area contributed by atoms with E-state index in [1.165, 1.54) is 16.9 Å². The summed E-state index contributed by atoms with van der Waals surface area (Å²) < 4.78 is 0. The summed E-state index contributed by atoms with van der Waals surface area (Å²) in [5.41, 5.74) is 6.59. The van der Waals surface area contributed by atoms with Crippen molar-refractivity contribution in [3.8, 4) is 0 Å². The summed E-state index contributed by atoms with van der Waals surface area (Å²) in [4.78, 5) is 2.21. The van der Waals surface area contributed by atoms with Gasteiger partial charge < -0.3 is 10.2 Å². The van der Waals surface area contributed by atoms with E-state index in [0.717, 1.165) is 0 Å². The first-order valence-electron chi connectivity index (χ1n) is 7.47. The molecule has 0 amide bonds. The van der Waals surface area contributed by atoms with Gasteiger partial charge in [0.15, 0.2) is 5.11 Å². The van der Waals surface area contributed by atoms with Gasteiger partial charge in [0.2, 0.25) is 0 Å². The van der Waals surface area contributed by atoms with Crippen LogP contribution >= 0.6 is 12.2 Å². The Morgan fingerprint density at radius 3 is 2.64 bits per heavy atom. The van der Waals surface area contributed by atoms with E-state index >= 15 is 0 Å². The van der Waals surface area contributed by atoms with Crippen molar-refractivity contribution in [1.29, 1.82) is 0 Å². The van der Waals surface area contributed by atoms with Gasteiger partial charge in [0.25, 0.3) is 0 Å². The molecule has 0 saturated carbocycles. The van der Waals surface area contributed by atoms with Crippen molar-refractivity contribution in [2.75, 3.05) is 11.9 Å². The number of para-hydroxylation sites is 1. The van der Waals surface area contributed by atoms with Gasteiger partial charge >= 0.3 is 0 Å². The van der Waals surface area contributed by atoms with E-state index in [1.807, 2.05) is 19.9 Å². The van der Waals surface area contributed by atoms with Crippen molar-refractivity contribution in [2.45, 2.75) is 39.2 Å². The molecule has 2 N–H and O–H groups in total. The summed E-state index contributed by atoms with van der Waals surface area (Å²) in [6.07, 6.45) is 3.79. The number of rotatable bonds is 3. The molecule has 0 saturated heterocycles. The van der Waals surface area contributed by atoms with Gasteiger partial charge in [0.1, 0.15) is 0 Å². The topological polar surface area (TPSA) is 39.7 Å². The first kappa shape index (κ1) is 16.5. The van der Waals surface area contributed by atoms with Gasteiger partial charge in [-0.25, -0.2) is 0 Å². The molecule has 2 rings (SSSR count). The number of benzene rings is 1. The Hall–Kier alpha value is -1.88. The molecule has 1 aromatic rings. The summed E-state index contributed by atoms with van der Waals surface area (Å²) in [7, 11) is 2.09. The molecule has 0 fully saturated rings. The number of hydrogen-bond donors (Lipinski definition) is 2. The molecule has 0 aliphatic carbocycles. The lowest BCUT2D eigenvalue weighted by Gasteiger charge is -2.23. The zero-order valence-electron chi connectivity index (χ0n) is 13.8. The van der Waals surface area contributed by atoms with E-state index in [9.17, 15) is 0 Å². The maximum absolute atomic E-state index is 5.14. The number of fused-ring (bicyclic) bond motifs is 1. The van der Waals surface area contributed by atoms with Gasteiger partial charge in [0, 0.05) is 36.1 Å². The average Bonchev–Trinajstić information content (AvgIpc) is 2.63. The standard InChI is InChI=1S/C17H24N4S/c1-12(2)19-16(22)20-18-11-10-15-17(3,4)13-8-6-7-9-14(13)21(15)5/h6-12H,1-5H3,(H2,19,20,22)/b15-10+,18-11+. The summed E-state index contributed by atoms with van der Waals surface area (Å²) in [5.74, 6) is 0. The fraction of sp³-hybridized carbons (Fsp3) is 0.412. The summed E-state index contributed by atoms with van der Waals surface area (Å²) >= 11 is 5.14. The fourth-order valence-corrected chi connectivity index (χ4v) is 3.09. The Labute approximate surface area is 138 Å². The maximum Gasteiger partial charge on any atom is 0.187 e. The highest BCUT2D eigenvalue weighted by molar-refractivity contribution is 7.80. The van der Waals surface area contributed by atoms with Gasteiger partial charge in [-0.05, 0) is 43.8 Å². The lowest BCUT2D eigenvalue weighted by molar-refractivity contribution is 0.641. The van der Waals surface area contributed by atoms with E-state index in [-0.39, 0.29) is 5.41 Å². The van der Waals surface area contributed by atoms with E-state index in [4.69, 9.17) is 12.2 Å². The number of anilines is 1. The molecule has 0 aromatic heterocycles. The number of nitrogens with zero attached hydrogens (tertiary/aromatic N) is 2. The van der Waals surface area contributed by atoms with Crippen LogP contribution in [0.2, 0.25) is 0 Å². The molecule has 1 heterocycles. The highest BCUT2D eigenvalue weighted by Crippen LogP contribution is 2.46. The SMILES string of the molecule is CC(C)NC(=S)N/N=C/C=C1/N(C)c2ccccc2C1(C)C. The lowest BCUT2D eigenvalue weighted by atomic mass is 9.84. The molecule has 4 nitrogen and oxygen atoms in total. The number of hydrogen-bond acceptors (Lipinski definition) is 3. The molecule has 0 unspecified atom stereocenters. The molecule has 0 radical (unpaired) electrons. The minimum Gasteiger partial charge on any atom is -0.359 e. The molecule has 1 aliphatic heterocycles. The highest BCUT2D eigenvalue weighted by Gasteiger charge is 2.37. The van der Waals surface area contributed by atoms with Crippen LogP contribution in [0, 0.1) is 0 Å². The third kappa shape index (κ3) is 3.30. The molecule has 22 heavy (non-hydrogen) atoms. The van der Waals surface area contributed by atoms with Gasteiger partial charge in [-0.2, -0.15) is 5.10 Å². The Morgan fingerprint density at radius 1 is 1.32 bits per heavy atom. The Bertz CT molecular complexity index is 617. The van der Waals surface area contributed by atoms with Crippen molar-refractivity contribution in [3.05, 3.63) is 41.6 Å². The second-order valence-electron chi connectivity index (χ2n) is 6.27. The van der Waals surface area contributed by atoms with Gasteiger partial charge in [0.05, 0.1) is 0 Å². The molecule has 1 aromatic carbocycles. The molecule has 0 spiro atoms. The van der Waals surface area contributed by atoms with Crippen LogP contribution in [0.25, 0.3) is 0 Å². The third-order valence-corrected chi connectivity index (χ3v) is 4.04. The van der Waals surface area contributed by atoms with Crippen LogP contribution in [0.1, 0.15) is 33.3 Å². The Kier molecular flexibility index (Phi) is 4.86. The molecule has 0 atom stereocenters. The Morgan fingerprint density at radius 2 is 2.00 bits per heavy atom. The third-order valence-electron chi connectivity index (χ3n) is 3.83. The molecule has 1 aliphatic rings. The van der Waals surface area contributed by atoms with E-state index in [2.05, 4.69) is 65.9 Å². The predicted molar refractivity (Wildman–Crippen MR) is 98.5 cm³/mol. The Balaban J connectivity index is 2.11. The van der Waals surface area contributed by atoms with Gasteiger partial charge in [-0.3, -0.25) is 5.43 Å². The van der Waals surface area contributed by atoms with Crippen LogP contribution < -0.4 is 15.6 Å². The number of allylic oxidation sites excluding steroid dienone is 2. The predicted octanol–water partition coefficient (Wildman–Crippen LogP) is 3.16. The van der Waals surface area contributed by atoms with Gasteiger partial charge in [-0.1, -0.05) is 32.0 Å². The van der Waals surface area contributed by atoms with Crippen molar-refractivity contribution in [1.82, 2.24) is 10.7 Å². The van der Waals surface area contributed by atoms with Crippen LogP contribution in [0.15, 0.2) is 41.1 Å². The zero-order valence-corrected chi connectivity index (χ0v) is 14.7. The first-order chi connectivity index (χ1) is 10.3. The second-order valence-corrected chi connectivity index (χ2v) is 6.68. The van der Waals surface area contributed by atoms with Crippen LogP contribution in [-0.2, 0) is 5.41 Å². The largest absolute Gasteiger partial charge is 0.359 e. The molecule has 118 valence electrons. The first-order valence-corrected chi connectivity index (χ1v) is 7.88. The number of hydrazone groups is 1. The normalized spacial score (nSPS) is 18.1. The maximum atomic E-state index is 5.14. The minimum atomic E-state index is -0.0337. The van der Waals surface area contributed by atoms with E-state index in [1.54, 1.807) is 6.21 Å². The quantitative estimate of drug-likeness (QED) is 0.510. The van der Waals surface area contributed by atoms with Crippen LogP contribution in [0.3, 0.4) is 0 Å². The molecule has 5 heteroatoms. The van der Waals surface area contributed by atoms with Crippen molar-refractivity contribution in [3.63, 3.8) is 0 Å². The summed E-state index contributed by atoms with van der Waals surface area (Å²) in [6, 6.07) is 8.78. The highest BCUT2D eigenvalue weighted by atomic mass is 32.1. The summed E-state index contributed by atoms with van der Waals surface area (Å²) in [5, 5.41) is 7.79.